The van der Waals surface area contributed by atoms with E-state index in [1.54, 1.807) is 11.3 Å². The summed E-state index contributed by atoms with van der Waals surface area (Å²) in [6, 6.07) is 4.30. The Morgan fingerprint density at radius 2 is 2.00 bits per heavy atom. The molecule has 0 aromatic carbocycles. The van der Waals surface area contributed by atoms with Crippen LogP contribution < -0.4 is 5.32 Å². The summed E-state index contributed by atoms with van der Waals surface area (Å²) in [6.07, 6.45) is 3.12. The SMILES string of the molecule is CC(C)(C)C(=O)NC1CCN(C(=O)CCc2cccs2)CC1. The number of aryl methyl sites for hydroxylation is 1. The Bertz CT molecular complexity index is 497. The summed E-state index contributed by atoms with van der Waals surface area (Å²) >= 11 is 1.70. The van der Waals surface area contributed by atoms with E-state index in [4.69, 9.17) is 0 Å². The van der Waals surface area contributed by atoms with Crippen molar-refractivity contribution in [2.75, 3.05) is 13.1 Å². The lowest BCUT2D eigenvalue weighted by Gasteiger charge is -2.33. The maximum absolute atomic E-state index is 12.2. The molecule has 1 N–H and O–H groups in total. The van der Waals surface area contributed by atoms with Gasteiger partial charge >= 0.3 is 0 Å². The number of nitrogens with zero attached hydrogens (tertiary/aromatic N) is 1. The molecule has 5 heteroatoms. The number of amides is 2. The fraction of sp³-hybridized carbons (Fsp3) is 0.647. The van der Waals surface area contributed by atoms with Crippen molar-refractivity contribution < 1.29 is 9.59 Å². The maximum Gasteiger partial charge on any atom is 0.225 e. The van der Waals surface area contributed by atoms with Crippen LogP contribution in [0, 0.1) is 5.41 Å². The third-order valence-electron chi connectivity index (χ3n) is 4.03. The molecule has 122 valence electrons. The minimum Gasteiger partial charge on any atom is -0.353 e. The van der Waals surface area contributed by atoms with Gasteiger partial charge in [-0.2, -0.15) is 0 Å². The van der Waals surface area contributed by atoms with Crippen molar-refractivity contribution in [1.82, 2.24) is 10.2 Å². The molecule has 1 aromatic rings. The van der Waals surface area contributed by atoms with Crippen LogP contribution >= 0.6 is 11.3 Å². The second-order valence-electron chi connectivity index (χ2n) is 6.96. The Hall–Kier alpha value is -1.36. The number of likely N-dealkylation sites (tertiary alicyclic amines) is 1. The first-order valence-corrected chi connectivity index (χ1v) is 8.85. The van der Waals surface area contributed by atoms with Gasteiger partial charge in [-0.1, -0.05) is 26.8 Å². The van der Waals surface area contributed by atoms with E-state index in [1.807, 2.05) is 37.1 Å². The Morgan fingerprint density at radius 1 is 1.32 bits per heavy atom. The third-order valence-corrected chi connectivity index (χ3v) is 4.97. The van der Waals surface area contributed by atoms with Gasteiger partial charge in [0.2, 0.25) is 11.8 Å². The highest BCUT2D eigenvalue weighted by Gasteiger charge is 2.27. The van der Waals surface area contributed by atoms with Gasteiger partial charge in [-0.15, -0.1) is 11.3 Å². The van der Waals surface area contributed by atoms with E-state index in [1.165, 1.54) is 4.88 Å². The molecule has 1 aliphatic heterocycles. The predicted octanol–water partition coefficient (Wildman–Crippen LogP) is 2.83. The standard InChI is InChI=1S/C17H26N2O2S/c1-17(2,3)16(21)18-13-8-10-19(11-9-13)15(20)7-6-14-5-4-12-22-14/h4-5,12-13H,6-11H2,1-3H3,(H,18,21). The number of carbonyl (C=O) groups excluding carboxylic acids is 2. The summed E-state index contributed by atoms with van der Waals surface area (Å²) in [5.41, 5.74) is -0.354. The van der Waals surface area contributed by atoms with Crippen LogP contribution in [0.1, 0.15) is 44.9 Å². The minimum atomic E-state index is -0.354. The Balaban J connectivity index is 1.72. The normalized spacial score (nSPS) is 16.6. The average molecular weight is 322 g/mol. The van der Waals surface area contributed by atoms with E-state index >= 15 is 0 Å². The highest BCUT2D eigenvalue weighted by Crippen LogP contribution is 2.18. The summed E-state index contributed by atoms with van der Waals surface area (Å²) < 4.78 is 0. The van der Waals surface area contributed by atoms with Gasteiger partial charge < -0.3 is 10.2 Å². The van der Waals surface area contributed by atoms with Gasteiger partial charge in [-0.25, -0.2) is 0 Å². The van der Waals surface area contributed by atoms with Crippen LogP contribution in [0.15, 0.2) is 17.5 Å². The van der Waals surface area contributed by atoms with Crippen molar-refractivity contribution in [1.29, 1.82) is 0 Å². The first-order valence-electron chi connectivity index (χ1n) is 7.97. The van der Waals surface area contributed by atoms with Gasteiger partial charge in [0.25, 0.3) is 0 Å². The lowest BCUT2D eigenvalue weighted by atomic mass is 9.94. The molecule has 0 aliphatic carbocycles. The molecule has 2 rings (SSSR count). The van der Waals surface area contributed by atoms with Crippen molar-refractivity contribution >= 4 is 23.2 Å². The van der Waals surface area contributed by atoms with Crippen molar-refractivity contribution in [3.63, 3.8) is 0 Å². The predicted molar refractivity (Wildman–Crippen MR) is 89.8 cm³/mol. The van der Waals surface area contributed by atoms with Crippen LogP contribution in [0.5, 0.6) is 0 Å². The minimum absolute atomic E-state index is 0.0926. The Morgan fingerprint density at radius 3 is 2.55 bits per heavy atom. The molecule has 1 saturated heterocycles. The monoisotopic (exact) mass is 322 g/mol. The van der Waals surface area contributed by atoms with Gasteiger partial charge in [-0.05, 0) is 30.7 Å². The van der Waals surface area contributed by atoms with Crippen LogP contribution in [0.4, 0.5) is 0 Å². The molecule has 0 saturated carbocycles. The summed E-state index contributed by atoms with van der Waals surface area (Å²) in [7, 11) is 0. The van der Waals surface area contributed by atoms with Crippen LogP contribution in [0.2, 0.25) is 0 Å². The number of piperidine rings is 1. The van der Waals surface area contributed by atoms with Gasteiger partial charge in [0.15, 0.2) is 0 Å². The smallest absolute Gasteiger partial charge is 0.225 e. The molecule has 2 amide bonds. The molecule has 0 spiro atoms. The van der Waals surface area contributed by atoms with Crippen LogP contribution in [-0.2, 0) is 16.0 Å². The molecular formula is C17H26N2O2S. The number of thiophene rings is 1. The zero-order chi connectivity index (χ0) is 16.2. The molecule has 2 heterocycles. The van der Waals surface area contributed by atoms with Gasteiger partial charge in [0.1, 0.15) is 0 Å². The van der Waals surface area contributed by atoms with E-state index in [-0.39, 0.29) is 23.3 Å². The average Bonchev–Trinajstić information content (AvgIpc) is 2.98. The summed E-state index contributed by atoms with van der Waals surface area (Å²) in [6.45, 7) is 7.26. The quantitative estimate of drug-likeness (QED) is 0.926. The van der Waals surface area contributed by atoms with Crippen LogP contribution in [0.3, 0.4) is 0 Å². The highest BCUT2D eigenvalue weighted by atomic mass is 32.1. The number of carbonyl (C=O) groups is 2. The molecular weight excluding hydrogens is 296 g/mol. The van der Waals surface area contributed by atoms with Gasteiger partial charge in [-0.3, -0.25) is 9.59 Å². The summed E-state index contributed by atoms with van der Waals surface area (Å²) in [4.78, 5) is 27.4. The number of hydrogen-bond acceptors (Lipinski definition) is 3. The number of hydrogen-bond donors (Lipinski definition) is 1. The van der Waals surface area contributed by atoms with Crippen molar-refractivity contribution in [2.45, 2.75) is 52.5 Å². The van der Waals surface area contributed by atoms with E-state index in [2.05, 4.69) is 11.4 Å². The van der Waals surface area contributed by atoms with Gasteiger partial charge in [0, 0.05) is 35.8 Å². The van der Waals surface area contributed by atoms with Crippen LogP contribution in [-0.4, -0.2) is 35.8 Å². The molecule has 1 aromatic heterocycles. The van der Waals surface area contributed by atoms with Gasteiger partial charge in [0.05, 0.1) is 0 Å². The first-order chi connectivity index (χ1) is 10.4. The molecule has 0 radical (unpaired) electrons. The second-order valence-corrected chi connectivity index (χ2v) is 7.99. The zero-order valence-electron chi connectivity index (χ0n) is 13.7. The number of rotatable bonds is 4. The number of nitrogens with one attached hydrogen (secondary N) is 1. The van der Waals surface area contributed by atoms with E-state index in [9.17, 15) is 9.59 Å². The van der Waals surface area contributed by atoms with Crippen molar-refractivity contribution in [3.8, 4) is 0 Å². The first kappa shape index (κ1) is 17.0. The zero-order valence-corrected chi connectivity index (χ0v) is 14.5. The molecule has 0 bridgehead atoms. The largest absolute Gasteiger partial charge is 0.353 e. The Labute approximate surface area is 136 Å². The topological polar surface area (TPSA) is 49.4 Å². The van der Waals surface area contributed by atoms with Crippen LogP contribution in [0.25, 0.3) is 0 Å². The molecule has 22 heavy (non-hydrogen) atoms. The molecule has 1 aliphatic rings. The van der Waals surface area contributed by atoms with E-state index in [0.29, 0.717) is 6.42 Å². The second kappa shape index (κ2) is 7.27. The fourth-order valence-electron chi connectivity index (χ4n) is 2.52. The maximum atomic E-state index is 12.2. The Kier molecular flexibility index (Phi) is 5.62. The fourth-order valence-corrected chi connectivity index (χ4v) is 3.23. The third kappa shape index (κ3) is 4.83. The van der Waals surface area contributed by atoms with E-state index < -0.39 is 0 Å². The molecule has 1 fully saturated rings. The summed E-state index contributed by atoms with van der Waals surface area (Å²) in [5, 5.41) is 5.14. The highest BCUT2D eigenvalue weighted by molar-refractivity contribution is 7.09. The van der Waals surface area contributed by atoms with Crippen molar-refractivity contribution in [3.05, 3.63) is 22.4 Å². The van der Waals surface area contributed by atoms with E-state index in [0.717, 1.165) is 32.4 Å². The molecule has 0 unspecified atom stereocenters. The lowest BCUT2D eigenvalue weighted by Crippen LogP contribution is -2.49. The summed E-state index contributed by atoms with van der Waals surface area (Å²) in [5.74, 6) is 0.323. The molecule has 4 nitrogen and oxygen atoms in total. The van der Waals surface area contributed by atoms with Crippen molar-refractivity contribution in [2.24, 2.45) is 5.41 Å². The lowest BCUT2D eigenvalue weighted by molar-refractivity contribution is -0.132. The molecule has 0 atom stereocenters.